The van der Waals surface area contributed by atoms with Gasteiger partial charge in [0, 0.05) is 50.9 Å². The van der Waals surface area contributed by atoms with Gasteiger partial charge in [-0.1, -0.05) is 0 Å². The van der Waals surface area contributed by atoms with Crippen molar-refractivity contribution < 1.29 is 22.8 Å². The lowest BCUT2D eigenvalue weighted by Crippen LogP contribution is -2.56. The lowest BCUT2D eigenvalue weighted by molar-refractivity contribution is -0.138. The number of amides is 2. The summed E-state index contributed by atoms with van der Waals surface area (Å²) in [5.41, 5.74) is -0.0391. The summed E-state index contributed by atoms with van der Waals surface area (Å²) in [6.07, 6.45) is 4.04. The maximum absolute atomic E-state index is 14.2. The van der Waals surface area contributed by atoms with Crippen LogP contribution in [0.4, 0.5) is 30.6 Å². The number of rotatable bonds is 5. The van der Waals surface area contributed by atoms with Gasteiger partial charge >= 0.3 is 0 Å². The van der Waals surface area contributed by atoms with Crippen molar-refractivity contribution in [3.05, 3.63) is 36.0 Å². The molecule has 3 atom stereocenters. The number of carbonyl (C=O) groups is 2. The number of carbonyl (C=O) groups excluding carboxylic acids is 2. The highest BCUT2D eigenvalue weighted by Crippen LogP contribution is 2.51. The second kappa shape index (κ2) is 7.85. The van der Waals surface area contributed by atoms with Crippen LogP contribution in [0.15, 0.2) is 24.5 Å². The standard InChI is InChI=1S/C21H22F3N7O2/c1-25-18(32)17-15(22)6-11(8-27-17)28-20-26-5-4-16(29-20)30-9-12-2-3-13(10-30)31(12)19(33)14-7-21(14,23)24/h4-6,8,12-14H,2-3,7,9-10H2,1H3,(H,25,32)(H,26,28,29)/t12-,13+,14-/m0/s1. The maximum atomic E-state index is 14.2. The molecule has 2 aromatic heterocycles. The molecule has 3 aliphatic rings. The van der Waals surface area contributed by atoms with Crippen molar-refractivity contribution in [1.29, 1.82) is 0 Å². The average Bonchev–Trinajstić information content (AvgIpc) is 3.36. The molecule has 174 valence electrons. The van der Waals surface area contributed by atoms with Crippen LogP contribution in [0.3, 0.4) is 0 Å². The number of aromatic nitrogens is 3. The number of nitrogens with one attached hydrogen (secondary N) is 2. The number of fused-ring (bicyclic) bond motifs is 2. The minimum absolute atomic E-state index is 0.130. The lowest BCUT2D eigenvalue weighted by Gasteiger charge is -2.41. The van der Waals surface area contributed by atoms with Crippen molar-refractivity contribution in [1.82, 2.24) is 25.2 Å². The number of alkyl halides is 2. The molecule has 0 aromatic carbocycles. The van der Waals surface area contributed by atoms with Crippen molar-refractivity contribution >= 4 is 29.3 Å². The van der Waals surface area contributed by atoms with E-state index < -0.39 is 29.5 Å². The van der Waals surface area contributed by atoms with Crippen LogP contribution >= 0.6 is 0 Å². The Morgan fingerprint density at radius 2 is 1.88 bits per heavy atom. The van der Waals surface area contributed by atoms with Gasteiger partial charge in [-0.2, -0.15) is 4.98 Å². The van der Waals surface area contributed by atoms with Crippen molar-refractivity contribution in [3.8, 4) is 0 Å². The van der Waals surface area contributed by atoms with Gasteiger partial charge < -0.3 is 20.4 Å². The molecule has 1 saturated carbocycles. The molecule has 2 aliphatic heterocycles. The summed E-state index contributed by atoms with van der Waals surface area (Å²) in [5.74, 6) is -5.07. The Kier molecular flexibility index (Phi) is 5.09. The Hall–Kier alpha value is -3.44. The van der Waals surface area contributed by atoms with Gasteiger partial charge in [0.2, 0.25) is 11.9 Å². The molecule has 2 amide bonds. The Bertz CT molecular complexity index is 1100. The second-order valence-electron chi connectivity index (χ2n) is 8.55. The number of anilines is 3. The third-order valence-electron chi connectivity index (χ3n) is 6.37. The van der Waals surface area contributed by atoms with E-state index in [4.69, 9.17) is 0 Å². The fourth-order valence-corrected chi connectivity index (χ4v) is 4.62. The number of pyridine rings is 1. The van der Waals surface area contributed by atoms with Crippen molar-refractivity contribution in [2.24, 2.45) is 5.92 Å². The summed E-state index contributed by atoms with van der Waals surface area (Å²) < 4.78 is 41.0. The Labute approximate surface area is 187 Å². The molecule has 2 saturated heterocycles. The smallest absolute Gasteiger partial charge is 0.272 e. The first-order valence-electron chi connectivity index (χ1n) is 10.7. The topological polar surface area (TPSA) is 103 Å². The van der Waals surface area contributed by atoms with E-state index in [9.17, 15) is 22.8 Å². The molecule has 0 spiro atoms. The average molecular weight is 461 g/mol. The Morgan fingerprint density at radius 1 is 1.18 bits per heavy atom. The Morgan fingerprint density at radius 3 is 2.48 bits per heavy atom. The predicted octanol–water partition coefficient (Wildman–Crippen LogP) is 1.95. The van der Waals surface area contributed by atoms with E-state index in [2.05, 4.69) is 25.6 Å². The normalized spacial score (nSPS) is 25.0. The molecular formula is C21H22F3N7O2. The summed E-state index contributed by atoms with van der Waals surface area (Å²) >= 11 is 0. The van der Waals surface area contributed by atoms with Gasteiger partial charge in [0.1, 0.15) is 11.7 Å². The molecule has 0 radical (unpaired) electrons. The van der Waals surface area contributed by atoms with Crippen LogP contribution in [-0.2, 0) is 4.79 Å². The molecule has 1 aliphatic carbocycles. The first kappa shape index (κ1) is 21.4. The number of nitrogens with zero attached hydrogens (tertiary/aromatic N) is 5. The van der Waals surface area contributed by atoms with Crippen LogP contribution in [-0.4, -0.2) is 69.8 Å². The quantitative estimate of drug-likeness (QED) is 0.702. The number of hydrogen-bond donors (Lipinski definition) is 2. The van der Waals surface area contributed by atoms with Gasteiger partial charge in [-0.05, 0) is 18.9 Å². The van der Waals surface area contributed by atoms with Crippen molar-refractivity contribution in [2.45, 2.75) is 37.3 Å². The molecule has 2 bridgehead atoms. The van der Waals surface area contributed by atoms with Gasteiger partial charge in [0.15, 0.2) is 11.5 Å². The summed E-state index contributed by atoms with van der Waals surface area (Å²) in [6.45, 7) is 0.988. The molecule has 2 aromatic rings. The van der Waals surface area contributed by atoms with Crippen LogP contribution in [0.5, 0.6) is 0 Å². The highest BCUT2D eigenvalue weighted by Gasteiger charge is 2.64. The second-order valence-corrected chi connectivity index (χ2v) is 8.55. The largest absolute Gasteiger partial charge is 0.354 e. The molecule has 3 fully saturated rings. The molecule has 12 heteroatoms. The van der Waals surface area contributed by atoms with E-state index in [0.29, 0.717) is 18.9 Å². The molecule has 9 nitrogen and oxygen atoms in total. The SMILES string of the molecule is CNC(=O)c1ncc(Nc2nccc(N3C[C@H]4CC[C@@H](C3)N4C(=O)[C@@H]3CC3(F)F)n2)cc1F. The summed E-state index contributed by atoms with van der Waals surface area (Å²) in [5, 5.41) is 5.19. The zero-order valence-corrected chi connectivity index (χ0v) is 17.8. The Balaban J connectivity index is 1.28. The van der Waals surface area contributed by atoms with Crippen LogP contribution in [0.2, 0.25) is 0 Å². The maximum Gasteiger partial charge on any atom is 0.272 e. The van der Waals surface area contributed by atoms with Crippen LogP contribution in [0, 0.1) is 11.7 Å². The van der Waals surface area contributed by atoms with E-state index >= 15 is 0 Å². The number of halogens is 3. The first-order chi connectivity index (χ1) is 15.8. The molecular weight excluding hydrogens is 439 g/mol. The molecule has 2 N–H and O–H groups in total. The number of hydrogen-bond acceptors (Lipinski definition) is 7. The van der Waals surface area contributed by atoms with Gasteiger partial charge in [-0.15, -0.1) is 0 Å². The van der Waals surface area contributed by atoms with E-state index in [-0.39, 0.29) is 35.8 Å². The van der Waals surface area contributed by atoms with Gasteiger partial charge in [0.05, 0.1) is 11.9 Å². The van der Waals surface area contributed by atoms with Gasteiger partial charge in [0.25, 0.3) is 11.8 Å². The summed E-state index contributed by atoms with van der Waals surface area (Å²) in [4.78, 5) is 40.3. The predicted molar refractivity (Wildman–Crippen MR) is 112 cm³/mol. The van der Waals surface area contributed by atoms with Crippen LogP contribution in [0.1, 0.15) is 29.8 Å². The third-order valence-corrected chi connectivity index (χ3v) is 6.37. The zero-order chi connectivity index (χ0) is 23.3. The van der Waals surface area contributed by atoms with E-state index in [1.54, 1.807) is 17.2 Å². The third kappa shape index (κ3) is 3.93. The molecule has 0 unspecified atom stereocenters. The monoisotopic (exact) mass is 461 g/mol. The van der Waals surface area contributed by atoms with Crippen LogP contribution in [0.25, 0.3) is 0 Å². The summed E-state index contributed by atoms with van der Waals surface area (Å²) in [7, 11) is 1.39. The molecule has 5 rings (SSSR count). The highest BCUT2D eigenvalue weighted by molar-refractivity contribution is 5.92. The minimum Gasteiger partial charge on any atom is -0.354 e. The minimum atomic E-state index is -2.87. The van der Waals surface area contributed by atoms with Crippen LogP contribution < -0.4 is 15.5 Å². The molecule has 4 heterocycles. The number of piperazine rings is 1. The van der Waals surface area contributed by atoms with Crippen molar-refractivity contribution in [3.63, 3.8) is 0 Å². The fraction of sp³-hybridized carbons (Fsp3) is 0.476. The van der Waals surface area contributed by atoms with Gasteiger partial charge in [-0.25, -0.2) is 23.1 Å². The fourth-order valence-electron chi connectivity index (χ4n) is 4.62. The van der Waals surface area contributed by atoms with Gasteiger partial charge in [-0.3, -0.25) is 9.59 Å². The lowest BCUT2D eigenvalue weighted by atomic mass is 10.1. The van der Waals surface area contributed by atoms with Crippen molar-refractivity contribution in [2.75, 3.05) is 30.4 Å². The zero-order valence-electron chi connectivity index (χ0n) is 17.8. The van der Waals surface area contributed by atoms with E-state index in [0.717, 1.165) is 18.9 Å². The molecule has 33 heavy (non-hydrogen) atoms. The van der Waals surface area contributed by atoms with E-state index in [1.165, 1.54) is 13.2 Å². The first-order valence-corrected chi connectivity index (χ1v) is 10.7. The highest BCUT2D eigenvalue weighted by atomic mass is 19.3. The van der Waals surface area contributed by atoms with E-state index in [1.807, 2.05) is 4.90 Å². The summed E-state index contributed by atoms with van der Waals surface area (Å²) in [6, 6.07) is 2.60.